The lowest BCUT2D eigenvalue weighted by Gasteiger charge is -2.30. The summed E-state index contributed by atoms with van der Waals surface area (Å²) in [5, 5.41) is 2.90. The molecule has 1 atom stereocenters. The average Bonchev–Trinajstić information content (AvgIpc) is 2.83. The van der Waals surface area contributed by atoms with Crippen LogP contribution in [0.4, 0.5) is 5.69 Å². The molecule has 0 saturated heterocycles. The predicted molar refractivity (Wildman–Crippen MR) is 143 cm³/mol. The quantitative estimate of drug-likeness (QED) is 0.411. The number of hydrogen-bond acceptors (Lipinski definition) is 5. The lowest BCUT2D eigenvalue weighted by molar-refractivity contribution is -0.140. The van der Waals surface area contributed by atoms with E-state index in [4.69, 9.17) is 4.74 Å². The van der Waals surface area contributed by atoms with Crippen LogP contribution in [0.25, 0.3) is 0 Å². The highest BCUT2D eigenvalue weighted by atomic mass is 32.2. The van der Waals surface area contributed by atoms with Crippen molar-refractivity contribution < 1.29 is 22.7 Å². The lowest BCUT2D eigenvalue weighted by atomic mass is 10.1. The van der Waals surface area contributed by atoms with E-state index in [2.05, 4.69) is 5.32 Å². The number of rotatable bonds is 14. The zero-order chi connectivity index (χ0) is 26.7. The van der Waals surface area contributed by atoms with Gasteiger partial charge in [-0.15, -0.1) is 0 Å². The van der Waals surface area contributed by atoms with Gasteiger partial charge in [0.25, 0.3) is 0 Å². The summed E-state index contributed by atoms with van der Waals surface area (Å²) >= 11 is 0. The number of para-hydroxylation sites is 2. The topological polar surface area (TPSA) is 96.0 Å². The number of ether oxygens (including phenoxy) is 1. The predicted octanol–water partition coefficient (Wildman–Crippen LogP) is 3.82. The van der Waals surface area contributed by atoms with E-state index in [9.17, 15) is 18.0 Å². The Kier molecular flexibility index (Phi) is 11.2. The third kappa shape index (κ3) is 8.86. The van der Waals surface area contributed by atoms with Crippen LogP contribution < -0.4 is 14.4 Å². The third-order valence-electron chi connectivity index (χ3n) is 5.63. The lowest BCUT2D eigenvalue weighted by Crippen LogP contribution is -2.48. The minimum atomic E-state index is -3.61. The highest BCUT2D eigenvalue weighted by Gasteiger charge is 2.27. The second-order valence-corrected chi connectivity index (χ2v) is 11.1. The van der Waals surface area contributed by atoms with E-state index in [1.165, 1.54) is 4.31 Å². The largest absolute Gasteiger partial charge is 0.492 e. The van der Waals surface area contributed by atoms with Crippen molar-refractivity contribution in [2.24, 2.45) is 5.92 Å². The van der Waals surface area contributed by atoms with Crippen LogP contribution in [0.5, 0.6) is 5.75 Å². The van der Waals surface area contributed by atoms with Crippen molar-refractivity contribution in [3.05, 3.63) is 60.2 Å². The Bertz CT molecular complexity index is 1090. The van der Waals surface area contributed by atoms with Gasteiger partial charge in [0.05, 0.1) is 18.6 Å². The van der Waals surface area contributed by atoms with Gasteiger partial charge in [-0.3, -0.25) is 13.9 Å². The fourth-order valence-corrected chi connectivity index (χ4v) is 4.71. The third-order valence-corrected chi connectivity index (χ3v) is 6.81. The molecule has 2 rings (SSSR count). The summed E-state index contributed by atoms with van der Waals surface area (Å²) in [5.41, 5.74) is 1.36. The van der Waals surface area contributed by atoms with E-state index < -0.39 is 16.1 Å². The molecule has 0 aromatic heterocycles. The molecule has 1 N–H and O–H groups in total. The van der Waals surface area contributed by atoms with Gasteiger partial charge in [0, 0.05) is 26.1 Å². The van der Waals surface area contributed by atoms with Crippen molar-refractivity contribution >= 4 is 27.5 Å². The highest BCUT2D eigenvalue weighted by Crippen LogP contribution is 2.30. The SMILES string of the molecule is CCOc1ccccc1N(CCCC(=O)N(Cc1ccccc1)C(C)C(=O)NCC(C)C)S(C)(=O)=O. The summed E-state index contributed by atoms with van der Waals surface area (Å²) in [7, 11) is -3.61. The molecule has 0 saturated carbocycles. The summed E-state index contributed by atoms with van der Waals surface area (Å²) < 4.78 is 32.1. The summed E-state index contributed by atoms with van der Waals surface area (Å²) in [5.74, 6) is 0.341. The van der Waals surface area contributed by atoms with Gasteiger partial charge in [-0.2, -0.15) is 0 Å². The number of amides is 2. The van der Waals surface area contributed by atoms with Crippen molar-refractivity contribution in [2.45, 2.75) is 53.1 Å². The van der Waals surface area contributed by atoms with Crippen LogP contribution in [0.15, 0.2) is 54.6 Å². The second kappa shape index (κ2) is 13.9. The van der Waals surface area contributed by atoms with Crippen LogP contribution in [0.1, 0.15) is 46.1 Å². The van der Waals surface area contributed by atoms with Crippen molar-refractivity contribution in [1.29, 1.82) is 0 Å². The van der Waals surface area contributed by atoms with Crippen LogP contribution in [-0.4, -0.2) is 57.1 Å². The van der Waals surface area contributed by atoms with Gasteiger partial charge in [-0.1, -0.05) is 56.3 Å². The molecule has 0 aliphatic heterocycles. The zero-order valence-electron chi connectivity index (χ0n) is 21.9. The molecule has 0 heterocycles. The maximum absolute atomic E-state index is 13.3. The van der Waals surface area contributed by atoms with Crippen LogP contribution in [0, 0.1) is 5.92 Å². The molecule has 198 valence electrons. The first kappa shape index (κ1) is 29.2. The summed E-state index contributed by atoms with van der Waals surface area (Å²) in [4.78, 5) is 27.7. The summed E-state index contributed by atoms with van der Waals surface area (Å²) in [6.07, 6.45) is 1.52. The minimum Gasteiger partial charge on any atom is -0.492 e. The molecule has 8 nitrogen and oxygen atoms in total. The normalized spacial score (nSPS) is 12.2. The number of carbonyl (C=O) groups is 2. The average molecular weight is 518 g/mol. The van der Waals surface area contributed by atoms with Gasteiger partial charge in [-0.05, 0) is 43.9 Å². The minimum absolute atomic E-state index is 0.0947. The number of hydrogen-bond donors (Lipinski definition) is 1. The molecule has 2 aromatic rings. The van der Waals surface area contributed by atoms with Crippen molar-refractivity contribution in [2.75, 3.05) is 30.3 Å². The number of nitrogens with zero attached hydrogens (tertiary/aromatic N) is 2. The Morgan fingerprint density at radius 3 is 2.25 bits per heavy atom. The molecule has 0 spiro atoms. The molecular formula is C27H39N3O5S. The number of nitrogens with one attached hydrogen (secondary N) is 1. The maximum atomic E-state index is 13.3. The smallest absolute Gasteiger partial charge is 0.242 e. The molecule has 9 heteroatoms. The van der Waals surface area contributed by atoms with Crippen LogP contribution >= 0.6 is 0 Å². The Balaban J connectivity index is 2.17. The van der Waals surface area contributed by atoms with Crippen molar-refractivity contribution in [3.63, 3.8) is 0 Å². The fraction of sp³-hybridized carbons (Fsp3) is 0.481. The van der Waals surface area contributed by atoms with Crippen LogP contribution in [0.3, 0.4) is 0 Å². The Hall–Kier alpha value is -3.07. The Morgan fingerprint density at radius 2 is 1.64 bits per heavy atom. The molecule has 0 radical (unpaired) electrons. The molecule has 2 amide bonds. The van der Waals surface area contributed by atoms with Crippen LogP contribution in [0.2, 0.25) is 0 Å². The Labute approximate surface area is 215 Å². The number of sulfonamides is 1. The monoisotopic (exact) mass is 517 g/mol. The van der Waals surface area contributed by atoms with Gasteiger partial charge >= 0.3 is 0 Å². The van der Waals surface area contributed by atoms with Crippen molar-refractivity contribution in [1.82, 2.24) is 10.2 Å². The first-order valence-corrected chi connectivity index (χ1v) is 14.2. The van der Waals surface area contributed by atoms with Gasteiger partial charge in [-0.25, -0.2) is 8.42 Å². The first-order valence-electron chi connectivity index (χ1n) is 12.3. The van der Waals surface area contributed by atoms with Crippen LogP contribution in [-0.2, 0) is 26.2 Å². The second-order valence-electron chi connectivity index (χ2n) is 9.16. The highest BCUT2D eigenvalue weighted by molar-refractivity contribution is 7.92. The molecule has 1 unspecified atom stereocenters. The molecule has 0 fully saturated rings. The van der Waals surface area contributed by atoms with E-state index in [1.807, 2.05) is 51.1 Å². The maximum Gasteiger partial charge on any atom is 0.242 e. The van der Waals surface area contributed by atoms with E-state index in [0.717, 1.165) is 11.8 Å². The number of anilines is 1. The van der Waals surface area contributed by atoms with E-state index in [-0.39, 0.29) is 31.2 Å². The summed E-state index contributed by atoms with van der Waals surface area (Å²) in [6.45, 7) is 8.90. The number of benzene rings is 2. The molecule has 0 aliphatic rings. The van der Waals surface area contributed by atoms with E-state index in [1.54, 1.807) is 36.1 Å². The molecule has 36 heavy (non-hydrogen) atoms. The van der Waals surface area contributed by atoms with Gasteiger partial charge in [0.1, 0.15) is 11.8 Å². The van der Waals surface area contributed by atoms with E-state index in [0.29, 0.717) is 37.1 Å². The standard InChI is InChI=1S/C27H39N3O5S/c1-6-35-25-16-11-10-15-24(25)30(36(5,33)34)18-12-17-26(31)29(20-23-13-8-7-9-14-23)22(4)27(32)28-19-21(2)3/h7-11,13-16,21-22H,6,12,17-20H2,1-5H3,(H,28,32). The van der Waals surface area contributed by atoms with E-state index >= 15 is 0 Å². The van der Waals surface area contributed by atoms with Gasteiger partial charge < -0.3 is 15.0 Å². The Morgan fingerprint density at radius 1 is 1.00 bits per heavy atom. The molecule has 2 aromatic carbocycles. The first-order chi connectivity index (χ1) is 17.0. The molecular weight excluding hydrogens is 478 g/mol. The zero-order valence-corrected chi connectivity index (χ0v) is 22.8. The number of carbonyl (C=O) groups excluding carboxylic acids is 2. The molecule has 0 bridgehead atoms. The van der Waals surface area contributed by atoms with Gasteiger partial charge in [0.15, 0.2) is 0 Å². The molecule has 0 aliphatic carbocycles. The fourth-order valence-electron chi connectivity index (χ4n) is 3.74. The van der Waals surface area contributed by atoms with Crippen molar-refractivity contribution in [3.8, 4) is 5.75 Å². The summed E-state index contributed by atoms with van der Waals surface area (Å²) in [6, 6.07) is 15.8. The van der Waals surface area contributed by atoms with Gasteiger partial charge in [0.2, 0.25) is 21.8 Å².